The van der Waals surface area contributed by atoms with Gasteiger partial charge in [0.15, 0.2) is 16.6 Å². The molecule has 2 saturated heterocycles. The molecule has 0 saturated carbocycles. The van der Waals surface area contributed by atoms with Gasteiger partial charge in [-0.1, -0.05) is 13.8 Å². The summed E-state index contributed by atoms with van der Waals surface area (Å²) in [6, 6.07) is 7.87. The summed E-state index contributed by atoms with van der Waals surface area (Å²) in [7, 11) is -3.94. The second-order valence-electron chi connectivity index (χ2n) is 19.2. The van der Waals surface area contributed by atoms with Crippen LogP contribution in [0.25, 0.3) is 0 Å². The molecule has 8 nitrogen and oxygen atoms in total. The molecule has 0 amide bonds. The Balaban J connectivity index is 0.000000306. The van der Waals surface area contributed by atoms with Crippen molar-refractivity contribution < 1.29 is 46.2 Å². The molecule has 2 heterocycles. The standard InChI is InChI=1S/C22H34FIO4Si.C22H35FO4Si/c1-8-22(28-29(5,6)7,15-9-11-26-12-10-15)16-13-17(19(24)18(23)14-16)20(25)27-21(2,3)4;1-8-22(27-28(5,6)7,17-9-11-25-12-10-17)18-13-16(14-19(23)15-18)20(24)26-21(2,3)4/h13-15H,8-12H2,1-7H3;13-15,17H,8-12H2,1-7H3. The van der Waals surface area contributed by atoms with E-state index < -0.39 is 62.6 Å². The van der Waals surface area contributed by atoms with Crippen molar-refractivity contribution in [2.45, 2.75) is 156 Å². The topological polar surface area (TPSA) is 89.5 Å². The Morgan fingerprint density at radius 3 is 1.46 bits per heavy atom. The molecular formula is C44H69F2IO8Si2. The van der Waals surface area contributed by atoms with Gasteiger partial charge in [-0.25, -0.2) is 18.4 Å². The summed E-state index contributed by atoms with van der Waals surface area (Å²) in [4.78, 5) is 25.4. The Bertz CT molecular complexity index is 1670. The van der Waals surface area contributed by atoms with E-state index in [0.717, 1.165) is 36.8 Å². The molecule has 57 heavy (non-hydrogen) atoms. The summed E-state index contributed by atoms with van der Waals surface area (Å²) in [5, 5.41) is 0. The van der Waals surface area contributed by atoms with Crippen LogP contribution in [0.4, 0.5) is 8.78 Å². The number of hydrogen-bond acceptors (Lipinski definition) is 8. The number of esters is 2. The van der Waals surface area contributed by atoms with Crippen molar-refractivity contribution in [1.29, 1.82) is 0 Å². The van der Waals surface area contributed by atoms with Crippen LogP contribution in [0.1, 0.15) is 126 Å². The highest BCUT2D eigenvalue weighted by Gasteiger charge is 2.46. The average Bonchev–Trinajstić information content (AvgIpc) is 3.09. The first-order valence-corrected chi connectivity index (χ1v) is 28.4. The number of hydrogen-bond donors (Lipinski definition) is 0. The molecule has 2 fully saturated rings. The Morgan fingerprint density at radius 2 is 1.07 bits per heavy atom. The molecule has 4 rings (SSSR count). The van der Waals surface area contributed by atoms with Crippen LogP contribution in [-0.4, -0.2) is 66.2 Å². The molecule has 13 heteroatoms. The number of benzene rings is 2. The fourth-order valence-corrected chi connectivity index (χ4v) is 11.5. The molecule has 2 aromatic carbocycles. The summed E-state index contributed by atoms with van der Waals surface area (Å²) in [6.07, 6.45) is 4.84. The number of rotatable bonds is 12. The Hall–Kier alpha value is -1.76. The van der Waals surface area contributed by atoms with E-state index in [1.165, 1.54) is 12.1 Å². The summed E-state index contributed by atoms with van der Waals surface area (Å²) >= 11 is 1.88. The molecular weight excluding hydrogens is 878 g/mol. The van der Waals surface area contributed by atoms with Crippen molar-refractivity contribution in [3.8, 4) is 0 Å². The van der Waals surface area contributed by atoms with Crippen LogP contribution < -0.4 is 0 Å². The van der Waals surface area contributed by atoms with Gasteiger partial charge in [-0.3, -0.25) is 0 Å². The minimum absolute atomic E-state index is 0.207. The number of halogens is 3. The second-order valence-corrected chi connectivity index (χ2v) is 29.2. The SMILES string of the molecule is CCC(O[Si](C)(C)C)(c1cc(F)c(I)c(C(=O)OC(C)(C)C)c1)C1CCOCC1.CCC(O[Si](C)(C)C)(c1cc(F)cc(C(=O)OC(C)(C)C)c1)C1CCOCC1. The Labute approximate surface area is 357 Å². The Kier molecular flexibility index (Phi) is 17.2. The van der Waals surface area contributed by atoms with Crippen LogP contribution in [0.5, 0.6) is 0 Å². The first-order chi connectivity index (χ1) is 26.1. The van der Waals surface area contributed by atoms with Gasteiger partial charge in [-0.15, -0.1) is 0 Å². The molecule has 322 valence electrons. The van der Waals surface area contributed by atoms with Crippen molar-refractivity contribution in [1.82, 2.24) is 0 Å². The summed E-state index contributed by atoms with van der Waals surface area (Å²) in [5.74, 6) is -1.45. The second kappa shape index (κ2) is 19.7. The van der Waals surface area contributed by atoms with Gasteiger partial charge in [0.25, 0.3) is 0 Å². The molecule has 2 atom stereocenters. The van der Waals surface area contributed by atoms with Gasteiger partial charge in [-0.2, -0.15) is 0 Å². The Morgan fingerprint density at radius 1 is 0.667 bits per heavy atom. The minimum atomic E-state index is -1.98. The molecule has 2 aliphatic rings. The van der Waals surface area contributed by atoms with Gasteiger partial charge in [0, 0.05) is 26.4 Å². The van der Waals surface area contributed by atoms with E-state index in [1.807, 2.05) is 43.4 Å². The summed E-state index contributed by atoms with van der Waals surface area (Å²) in [5.41, 5.74) is -0.610. The third kappa shape index (κ3) is 14.2. The fourth-order valence-electron chi connectivity index (χ4n) is 7.91. The zero-order valence-electron chi connectivity index (χ0n) is 37.0. The molecule has 2 unspecified atom stereocenters. The lowest BCUT2D eigenvalue weighted by Gasteiger charge is -2.46. The highest BCUT2D eigenvalue weighted by molar-refractivity contribution is 14.1. The van der Waals surface area contributed by atoms with E-state index in [0.29, 0.717) is 39.3 Å². The molecule has 0 bridgehead atoms. The molecule has 0 aromatic heterocycles. The zero-order valence-corrected chi connectivity index (χ0v) is 41.2. The largest absolute Gasteiger partial charge is 0.456 e. The van der Waals surface area contributed by atoms with E-state index in [-0.39, 0.29) is 26.5 Å². The smallest absolute Gasteiger partial charge is 0.339 e. The normalized spacial score (nSPS) is 18.5. The van der Waals surface area contributed by atoms with Gasteiger partial charge in [0.05, 0.1) is 25.9 Å². The molecule has 2 aromatic rings. The maximum Gasteiger partial charge on any atom is 0.339 e. The lowest BCUT2D eigenvalue weighted by atomic mass is 9.75. The molecule has 0 spiro atoms. The quantitative estimate of drug-likeness (QED) is 0.118. The van der Waals surface area contributed by atoms with E-state index in [9.17, 15) is 14.0 Å². The van der Waals surface area contributed by atoms with Gasteiger partial charge in [0.1, 0.15) is 22.8 Å². The monoisotopic (exact) mass is 946 g/mol. The third-order valence-corrected chi connectivity index (χ3v) is 13.0. The van der Waals surface area contributed by atoms with Crippen LogP contribution in [0.2, 0.25) is 39.3 Å². The molecule has 0 N–H and O–H groups in total. The zero-order chi connectivity index (χ0) is 43.2. The van der Waals surface area contributed by atoms with Crippen LogP contribution in [0.15, 0.2) is 30.3 Å². The van der Waals surface area contributed by atoms with Crippen molar-refractivity contribution in [3.05, 3.63) is 67.8 Å². The van der Waals surface area contributed by atoms with Crippen LogP contribution in [0, 0.1) is 27.0 Å². The van der Waals surface area contributed by atoms with E-state index in [2.05, 4.69) is 53.1 Å². The number of carbonyl (C=O) groups is 2. The summed E-state index contributed by atoms with van der Waals surface area (Å²) < 4.78 is 65.6. The highest BCUT2D eigenvalue weighted by atomic mass is 127. The number of ether oxygens (including phenoxy) is 4. The fraction of sp³-hybridized carbons (Fsp3) is 0.682. The number of carbonyl (C=O) groups excluding carboxylic acids is 2. The van der Waals surface area contributed by atoms with Crippen molar-refractivity contribution >= 4 is 51.2 Å². The highest BCUT2D eigenvalue weighted by Crippen LogP contribution is 2.46. The van der Waals surface area contributed by atoms with E-state index in [1.54, 1.807) is 39.0 Å². The first-order valence-electron chi connectivity index (χ1n) is 20.5. The third-order valence-electron chi connectivity index (χ3n) is 9.95. The summed E-state index contributed by atoms with van der Waals surface area (Å²) in [6.45, 7) is 30.6. The van der Waals surface area contributed by atoms with Crippen LogP contribution >= 0.6 is 22.6 Å². The molecule has 0 aliphatic carbocycles. The first kappa shape index (κ1) is 49.6. The predicted octanol–water partition coefficient (Wildman–Crippen LogP) is 11.9. The van der Waals surface area contributed by atoms with E-state index >= 15 is 4.39 Å². The van der Waals surface area contributed by atoms with Crippen LogP contribution in [-0.2, 0) is 39.0 Å². The lowest BCUT2D eigenvalue weighted by Crippen LogP contribution is -2.47. The van der Waals surface area contributed by atoms with E-state index in [4.69, 9.17) is 27.8 Å². The lowest BCUT2D eigenvalue weighted by molar-refractivity contribution is -0.0602. The maximum absolute atomic E-state index is 15.0. The van der Waals surface area contributed by atoms with Gasteiger partial charge >= 0.3 is 11.9 Å². The average molecular weight is 947 g/mol. The van der Waals surface area contributed by atoms with Gasteiger partial charge in [0.2, 0.25) is 0 Å². The van der Waals surface area contributed by atoms with Crippen molar-refractivity contribution in [3.63, 3.8) is 0 Å². The minimum Gasteiger partial charge on any atom is -0.456 e. The van der Waals surface area contributed by atoms with Crippen molar-refractivity contribution in [2.75, 3.05) is 26.4 Å². The molecule has 0 radical (unpaired) electrons. The predicted molar refractivity (Wildman–Crippen MR) is 236 cm³/mol. The maximum atomic E-state index is 15.0. The van der Waals surface area contributed by atoms with Gasteiger partial charge < -0.3 is 27.8 Å². The van der Waals surface area contributed by atoms with Crippen molar-refractivity contribution in [2.24, 2.45) is 11.8 Å². The van der Waals surface area contributed by atoms with Gasteiger partial charge in [-0.05, 0) is 195 Å². The van der Waals surface area contributed by atoms with Crippen LogP contribution in [0.3, 0.4) is 0 Å². The molecule has 2 aliphatic heterocycles.